The van der Waals surface area contributed by atoms with Gasteiger partial charge in [-0.15, -0.1) is 0 Å². The molecule has 0 spiro atoms. The fourth-order valence-electron chi connectivity index (χ4n) is 2.62. The smallest absolute Gasteiger partial charge is 0.326 e. The van der Waals surface area contributed by atoms with Crippen LogP contribution in [0.2, 0.25) is 5.02 Å². The summed E-state index contributed by atoms with van der Waals surface area (Å²) < 4.78 is 4.87. The summed E-state index contributed by atoms with van der Waals surface area (Å²) in [5.74, 6) is -2.54. The Kier molecular flexibility index (Phi) is 5.23. The van der Waals surface area contributed by atoms with Crippen molar-refractivity contribution in [2.45, 2.75) is 6.92 Å². The molecule has 0 bridgehead atoms. The van der Waals surface area contributed by atoms with Crippen LogP contribution in [0.5, 0.6) is 0 Å². The Balaban J connectivity index is 1.54. The lowest BCUT2D eigenvalue weighted by atomic mass is 10.1. The van der Waals surface area contributed by atoms with Crippen molar-refractivity contribution < 1.29 is 23.9 Å². The number of benzene rings is 2. The van der Waals surface area contributed by atoms with Crippen molar-refractivity contribution in [1.29, 1.82) is 0 Å². The van der Waals surface area contributed by atoms with Crippen molar-refractivity contribution in [1.82, 2.24) is 4.90 Å². The molecule has 8 heteroatoms. The number of hydrogen-bond acceptors (Lipinski definition) is 5. The van der Waals surface area contributed by atoms with Gasteiger partial charge in [0.05, 0.1) is 11.1 Å². The fraction of sp³-hybridized carbons (Fsp3) is 0.158. The molecule has 0 saturated heterocycles. The monoisotopic (exact) mass is 386 g/mol. The fourth-order valence-corrected chi connectivity index (χ4v) is 2.79. The van der Waals surface area contributed by atoms with Gasteiger partial charge in [-0.3, -0.25) is 24.1 Å². The predicted octanol–water partition coefficient (Wildman–Crippen LogP) is 2.43. The Morgan fingerprint density at radius 1 is 1.07 bits per heavy atom. The van der Waals surface area contributed by atoms with E-state index in [0.717, 1.165) is 10.5 Å². The van der Waals surface area contributed by atoms with E-state index >= 15 is 0 Å². The molecule has 7 nitrogen and oxygen atoms in total. The molecule has 1 heterocycles. The average Bonchev–Trinajstić information content (AvgIpc) is 2.88. The zero-order valence-corrected chi connectivity index (χ0v) is 15.1. The number of esters is 1. The summed E-state index contributed by atoms with van der Waals surface area (Å²) in [6.07, 6.45) is 0. The second-order valence-corrected chi connectivity index (χ2v) is 6.35. The number of rotatable bonds is 5. The largest absolute Gasteiger partial charge is 0.454 e. The highest BCUT2D eigenvalue weighted by Gasteiger charge is 2.36. The van der Waals surface area contributed by atoms with E-state index in [2.05, 4.69) is 5.32 Å². The average molecular weight is 387 g/mol. The van der Waals surface area contributed by atoms with Gasteiger partial charge in [0.15, 0.2) is 6.61 Å². The first-order valence-electron chi connectivity index (χ1n) is 8.03. The van der Waals surface area contributed by atoms with E-state index in [9.17, 15) is 19.2 Å². The van der Waals surface area contributed by atoms with Gasteiger partial charge < -0.3 is 10.1 Å². The number of carbonyl (C=O) groups excluding carboxylic acids is 4. The van der Waals surface area contributed by atoms with Gasteiger partial charge in [0.1, 0.15) is 6.54 Å². The molecule has 1 aliphatic rings. The minimum Gasteiger partial charge on any atom is -0.454 e. The van der Waals surface area contributed by atoms with Gasteiger partial charge in [-0.25, -0.2) is 0 Å². The predicted molar refractivity (Wildman–Crippen MR) is 97.6 cm³/mol. The van der Waals surface area contributed by atoms with Crippen LogP contribution in [0.4, 0.5) is 5.69 Å². The topological polar surface area (TPSA) is 92.8 Å². The lowest BCUT2D eigenvalue weighted by Crippen LogP contribution is -2.36. The van der Waals surface area contributed by atoms with E-state index in [-0.39, 0.29) is 11.1 Å². The van der Waals surface area contributed by atoms with E-state index in [1.54, 1.807) is 37.3 Å². The highest BCUT2D eigenvalue weighted by Crippen LogP contribution is 2.22. The van der Waals surface area contributed by atoms with Gasteiger partial charge in [0.25, 0.3) is 17.7 Å². The number of fused-ring (bicyclic) bond motifs is 1. The Morgan fingerprint density at radius 2 is 1.70 bits per heavy atom. The minimum absolute atomic E-state index is 0.240. The summed E-state index contributed by atoms with van der Waals surface area (Å²) >= 11 is 5.88. The molecule has 3 rings (SSSR count). The van der Waals surface area contributed by atoms with Crippen molar-refractivity contribution in [2.75, 3.05) is 18.5 Å². The van der Waals surface area contributed by atoms with Gasteiger partial charge >= 0.3 is 5.97 Å². The second kappa shape index (κ2) is 7.59. The molecule has 1 aliphatic heterocycles. The molecule has 0 radical (unpaired) electrons. The molecule has 0 aliphatic carbocycles. The Morgan fingerprint density at radius 3 is 2.33 bits per heavy atom. The molecule has 2 aromatic rings. The van der Waals surface area contributed by atoms with Crippen molar-refractivity contribution in [2.24, 2.45) is 0 Å². The molecular weight excluding hydrogens is 372 g/mol. The van der Waals surface area contributed by atoms with E-state index in [0.29, 0.717) is 10.7 Å². The van der Waals surface area contributed by atoms with Gasteiger partial charge in [-0.1, -0.05) is 29.8 Å². The summed E-state index contributed by atoms with van der Waals surface area (Å²) in [4.78, 5) is 49.1. The quantitative estimate of drug-likeness (QED) is 0.629. The van der Waals surface area contributed by atoms with Crippen LogP contribution in [0.15, 0.2) is 42.5 Å². The Labute approximate surface area is 159 Å². The molecule has 3 amide bonds. The Hall–Kier alpha value is -3.19. The number of hydrogen-bond donors (Lipinski definition) is 1. The van der Waals surface area contributed by atoms with Crippen LogP contribution in [0.1, 0.15) is 26.3 Å². The molecule has 2 aromatic carbocycles. The molecule has 1 N–H and O–H groups in total. The number of imide groups is 1. The second-order valence-electron chi connectivity index (χ2n) is 5.91. The third-order valence-electron chi connectivity index (χ3n) is 4.00. The number of nitrogens with one attached hydrogen (secondary N) is 1. The molecule has 0 atom stereocenters. The van der Waals surface area contributed by atoms with Crippen LogP contribution >= 0.6 is 11.6 Å². The third kappa shape index (κ3) is 3.98. The number of nitrogens with zero attached hydrogens (tertiary/aromatic N) is 1. The van der Waals surface area contributed by atoms with Gasteiger partial charge in [-0.05, 0) is 36.8 Å². The summed E-state index contributed by atoms with van der Waals surface area (Å²) in [6.45, 7) is 0.685. The van der Waals surface area contributed by atoms with Crippen molar-refractivity contribution >= 4 is 41.0 Å². The number of amides is 3. The summed E-state index contributed by atoms with van der Waals surface area (Å²) in [6, 6.07) is 11.3. The maximum absolute atomic E-state index is 12.2. The van der Waals surface area contributed by atoms with E-state index in [1.807, 2.05) is 0 Å². The first-order valence-corrected chi connectivity index (χ1v) is 8.41. The van der Waals surface area contributed by atoms with E-state index < -0.39 is 36.8 Å². The van der Waals surface area contributed by atoms with Crippen LogP contribution < -0.4 is 5.32 Å². The van der Waals surface area contributed by atoms with E-state index in [4.69, 9.17) is 16.3 Å². The van der Waals surface area contributed by atoms with Crippen LogP contribution in [0, 0.1) is 6.92 Å². The number of carbonyl (C=O) groups is 4. The van der Waals surface area contributed by atoms with Crippen molar-refractivity contribution in [3.63, 3.8) is 0 Å². The van der Waals surface area contributed by atoms with Gasteiger partial charge in [0, 0.05) is 10.7 Å². The lowest BCUT2D eigenvalue weighted by molar-refractivity contribution is -0.147. The van der Waals surface area contributed by atoms with Crippen LogP contribution in [-0.2, 0) is 14.3 Å². The lowest BCUT2D eigenvalue weighted by Gasteiger charge is -2.13. The van der Waals surface area contributed by atoms with Gasteiger partial charge in [-0.2, -0.15) is 0 Å². The highest BCUT2D eigenvalue weighted by molar-refractivity contribution is 6.31. The van der Waals surface area contributed by atoms with Crippen LogP contribution in [0.25, 0.3) is 0 Å². The standard InChI is InChI=1S/C19H15ClN2O5/c1-11-6-7-12(20)8-15(11)21-16(23)10-27-17(24)9-22-18(25)13-4-2-3-5-14(13)19(22)26/h2-8H,9-10H2,1H3,(H,21,23). The molecular formula is C19H15ClN2O5. The molecule has 27 heavy (non-hydrogen) atoms. The zero-order valence-electron chi connectivity index (χ0n) is 14.3. The molecule has 138 valence electrons. The normalized spacial score (nSPS) is 12.7. The number of ether oxygens (including phenoxy) is 1. The maximum atomic E-state index is 12.2. The zero-order chi connectivity index (χ0) is 19.6. The van der Waals surface area contributed by atoms with Crippen molar-refractivity contribution in [3.8, 4) is 0 Å². The minimum atomic E-state index is -0.859. The highest BCUT2D eigenvalue weighted by atomic mass is 35.5. The molecule has 0 unspecified atom stereocenters. The number of aryl methyl sites for hydroxylation is 1. The molecule has 0 saturated carbocycles. The molecule has 0 fully saturated rings. The first kappa shape index (κ1) is 18.6. The summed E-state index contributed by atoms with van der Waals surface area (Å²) in [5, 5.41) is 3.04. The summed E-state index contributed by atoms with van der Waals surface area (Å²) in [7, 11) is 0. The van der Waals surface area contributed by atoms with Crippen LogP contribution in [0.3, 0.4) is 0 Å². The maximum Gasteiger partial charge on any atom is 0.326 e. The number of halogens is 1. The number of anilines is 1. The molecule has 0 aromatic heterocycles. The third-order valence-corrected chi connectivity index (χ3v) is 4.24. The van der Waals surface area contributed by atoms with Crippen LogP contribution in [-0.4, -0.2) is 41.7 Å². The first-order chi connectivity index (χ1) is 12.9. The van der Waals surface area contributed by atoms with E-state index in [1.165, 1.54) is 12.1 Å². The van der Waals surface area contributed by atoms with Crippen molar-refractivity contribution in [3.05, 3.63) is 64.2 Å². The van der Waals surface area contributed by atoms with Gasteiger partial charge in [0.2, 0.25) is 0 Å². The Bertz CT molecular complexity index is 922. The summed E-state index contributed by atoms with van der Waals surface area (Å²) in [5.41, 5.74) is 1.78. The SMILES string of the molecule is Cc1ccc(Cl)cc1NC(=O)COC(=O)CN1C(=O)c2ccccc2C1=O.